The number of aromatic nitrogens is 2. The Morgan fingerprint density at radius 1 is 1.17 bits per heavy atom. The number of rotatable bonds is 8. The van der Waals surface area contributed by atoms with E-state index in [9.17, 15) is 9.59 Å². The van der Waals surface area contributed by atoms with Crippen LogP contribution in [0, 0.1) is 0 Å². The lowest BCUT2D eigenvalue weighted by Crippen LogP contribution is -2.23. The van der Waals surface area contributed by atoms with E-state index in [0.29, 0.717) is 40.0 Å². The Balaban J connectivity index is 1.48. The summed E-state index contributed by atoms with van der Waals surface area (Å²) in [7, 11) is 1.60. The van der Waals surface area contributed by atoms with Gasteiger partial charge in [-0.05, 0) is 68.1 Å². The molecule has 5 rings (SSSR count). The van der Waals surface area contributed by atoms with Gasteiger partial charge in [-0.25, -0.2) is 4.98 Å². The highest BCUT2D eigenvalue weighted by Gasteiger charge is 2.24. The van der Waals surface area contributed by atoms with Gasteiger partial charge >= 0.3 is 0 Å². The van der Waals surface area contributed by atoms with Crippen molar-refractivity contribution >= 4 is 44.9 Å². The van der Waals surface area contributed by atoms with E-state index in [1.807, 2.05) is 49.4 Å². The number of nitrogens with one attached hydrogen (secondary N) is 1. The summed E-state index contributed by atoms with van der Waals surface area (Å²) >= 11 is 2.84. The molecule has 0 unspecified atom stereocenters. The predicted octanol–water partition coefficient (Wildman–Crippen LogP) is 5.07. The number of carbonyl (C=O) groups excluding carboxylic acids is 1. The molecule has 1 aliphatic rings. The van der Waals surface area contributed by atoms with Crippen LogP contribution in [0.1, 0.15) is 23.8 Å². The molecule has 2 aromatic carbocycles. The van der Waals surface area contributed by atoms with E-state index in [-0.39, 0.29) is 17.2 Å². The maximum Gasteiger partial charge on any atom is 0.267 e. The molecule has 0 atom stereocenters. The number of carbonyl (C=O) groups is 1. The Hall–Kier alpha value is -3.30. The minimum atomic E-state index is -0.202. The minimum Gasteiger partial charge on any atom is -0.497 e. The van der Waals surface area contributed by atoms with E-state index in [1.54, 1.807) is 29.1 Å². The Kier molecular flexibility index (Phi) is 6.79. The number of nitrogens with zero attached hydrogens (tertiary/aromatic N) is 2. The summed E-state index contributed by atoms with van der Waals surface area (Å²) in [5, 5.41) is 4.10. The summed E-state index contributed by atoms with van der Waals surface area (Å²) in [4.78, 5) is 33.4. The van der Waals surface area contributed by atoms with Crippen LogP contribution in [-0.4, -0.2) is 34.9 Å². The smallest absolute Gasteiger partial charge is 0.267 e. The molecule has 0 saturated heterocycles. The average Bonchev–Trinajstić information content (AvgIpc) is 3.45. The fourth-order valence-electron chi connectivity index (χ4n) is 4.25. The van der Waals surface area contributed by atoms with Gasteiger partial charge in [-0.2, -0.15) is 0 Å². The molecule has 4 aromatic rings. The number of benzene rings is 2. The molecule has 7 nitrogen and oxygen atoms in total. The van der Waals surface area contributed by atoms with Gasteiger partial charge in [0, 0.05) is 4.88 Å². The fourth-order valence-corrected chi connectivity index (χ4v) is 6.36. The lowest BCUT2D eigenvalue weighted by molar-refractivity contribution is -0.113. The molecule has 9 heteroatoms. The molecule has 0 bridgehead atoms. The first-order chi connectivity index (χ1) is 17.1. The third-order valence-electron chi connectivity index (χ3n) is 5.83. The molecule has 1 N–H and O–H groups in total. The van der Waals surface area contributed by atoms with E-state index in [2.05, 4.69) is 5.32 Å². The normalized spacial score (nSPS) is 12.5. The molecule has 35 heavy (non-hydrogen) atoms. The lowest BCUT2D eigenvalue weighted by Gasteiger charge is -2.14. The number of methoxy groups -OCH3 is 1. The third kappa shape index (κ3) is 4.66. The molecular formula is C26H25N3O4S2. The number of anilines is 1. The van der Waals surface area contributed by atoms with Crippen molar-refractivity contribution in [3.63, 3.8) is 0 Å². The second kappa shape index (κ2) is 10.1. The van der Waals surface area contributed by atoms with E-state index < -0.39 is 0 Å². The van der Waals surface area contributed by atoms with Crippen molar-refractivity contribution in [2.45, 2.75) is 31.3 Å². The largest absolute Gasteiger partial charge is 0.497 e. The van der Waals surface area contributed by atoms with E-state index >= 15 is 0 Å². The standard InChI is InChI=1S/C26H25N3O4S2/c1-3-33-20-9-5-4-8-19(20)27-22(30)15-34-26-28-24-23(18-7-6-10-21(18)35-24)25(31)29(26)16-11-13-17(32-2)14-12-16/h4-5,8-9,11-14H,3,6-7,10,15H2,1-2H3,(H,27,30). The first-order valence-corrected chi connectivity index (χ1v) is 13.3. The first kappa shape index (κ1) is 23.4. The lowest BCUT2D eigenvalue weighted by atomic mass is 10.2. The highest BCUT2D eigenvalue weighted by atomic mass is 32.2. The number of thioether (sulfide) groups is 1. The topological polar surface area (TPSA) is 82.5 Å². The van der Waals surface area contributed by atoms with Crippen LogP contribution in [0.25, 0.3) is 15.9 Å². The van der Waals surface area contributed by atoms with Crippen LogP contribution >= 0.6 is 23.1 Å². The number of hydrogen-bond donors (Lipinski definition) is 1. The number of amides is 1. The molecule has 0 spiro atoms. The van der Waals surface area contributed by atoms with E-state index in [1.165, 1.54) is 16.6 Å². The zero-order chi connectivity index (χ0) is 24.4. The molecule has 2 aromatic heterocycles. The number of para-hydroxylation sites is 2. The van der Waals surface area contributed by atoms with Crippen LogP contribution in [0.15, 0.2) is 58.5 Å². The van der Waals surface area contributed by atoms with Gasteiger partial charge in [-0.3, -0.25) is 14.2 Å². The van der Waals surface area contributed by atoms with Gasteiger partial charge in [0.05, 0.1) is 36.2 Å². The summed E-state index contributed by atoms with van der Waals surface area (Å²) < 4.78 is 12.5. The van der Waals surface area contributed by atoms with Crippen LogP contribution in [0.4, 0.5) is 5.69 Å². The van der Waals surface area contributed by atoms with Gasteiger partial charge in [0.2, 0.25) is 5.91 Å². The van der Waals surface area contributed by atoms with Crippen LogP contribution in [0.2, 0.25) is 0 Å². The monoisotopic (exact) mass is 507 g/mol. The highest BCUT2D eigenvalue weighted by molar-refractivity contribution is 7.99. The molecule has 180 valence electrons. The maximum atomic E-state index is 13.7. The van der Waals surface area contributed by atoms with Crippen LogP contribution in [0.5, 0.6) is 11.5 Å². The predicted molar refractivity (Wildman–Crippen MR) is 141 cm³/mol. The van der Waals surface area contributed by atoms with Crippen molar-refractivity contribution in [1.29, 1.82) is 0 Å². The third-order valence-corrected chi connectivity index (χ3v) is 7.96. The molecule has 0 saturated carbocycles. The zero-order valence-corrected chi connectivity index (χ0v) is 21.1. The maximum absolute atomic E-state index is 13.7. The summed E-state index contributed by atoms with van der Waals surface area (Å²) in [6, 6.07) is 14.6. The Morgan fingerprint density at radius 3 is 2.74 bits per heavy atom. The Bertz CT molecular complexity index is 1440. The second-order valence-electron chi connectivity index (χ2n) is 8.04. The van der Waals surface area contributed by atoms with Gasteiger partial charge in [-0.15, -0.1) is 11.3 Å². The molecule has 2 heterocycles. The summed E-state index contributed by atoms with van der Waals surface area (Å²) in [5.74, 6) is 1.22. The molecule has 1 amide bonds. The van der Waals surface area contributed by atoms with E-state index in [4.69, 9.17) is 14.5 Å². The average molecular weight is 508 g/mol. The minimum absolute atomic E-state index is 0.0934. The second-order valence-corrected chi connectivity index (χ2v) is 10.1. The van der Waals surface area contributed by atoms with Crippen LogP contribution in [-0.2, 0) is 17.6 Å². The number of hydrogen-bond acceptors (Lipinski definition) is 7. The molecule has 0 fully saturated rings. The summed E-state index contributed by atoms with van der Waals surface area (Å²) in [5.41, 5.74) is 2.34. The number of thiophene rings is 1. The van der Waals surface area contributed by atoms with Crippen LogP contribution in [0.3, 0.4) is 0 Å². The first-order valence-electron chi connectivity index (χ1n) is 11.4. The Labute approximate surface area is 211 Å². The van der Waals surface area contributed by atoms with Gasteiger partial charge in [0.1, 0.15) is 16.3 Å². The van der Waals surface area contributed by atoms with Gasteiger partial charge in [0.25, 0.3) is 5.56 Å². The highest BCUT2D eigenvalue weighted by Crippen LogP contribution is 2.36. The molecule has 1 aliphatic carbocycles. The molecule has 0 aliphatic heterocycles. The summed E-state index contributed by atoms with van der Waals surface area (Å²) in [6.07, 6.45) is 2.96. The summed E-state index contributed by atoms with van der Waals surface area (Å²) in [6.45, 7) is 2.40. The van der Waals surface area contributed by atoms with Crippen molar-refractivity contribution in [2.75, 3.05) is 24.8 Å². The molecule has 0 radical (unpaired) electrons. The van der Waals surface area contributed by atoms with Crippen LogP contribution < -0.4 is 20.3 Å². The number of fused-ring (bicyclic) bond motifs is 3. The van der Waals surface area contributed by atoms with Gasteiger partial charge in [-0.1, -0.05) is 23.9 Å². The molecular weight excluding hydrogens is 482 g/mol. The zero-order valence-electron chi connectivity index (χ0n) is 19.5. The van der Waals surface area contributed by atoms with Crippen molar-refractivity contribution in [2.24, 2.45) is 0 Å². The number of aryl methyl sites for hydroxylation is 2. The van der Waals surface area contributed by atoms with Gasteiger partial charge in [0.15, 0.2) is 5.16 Å². The quantitative estimate of drug-likeness (QED) is 0.265. The van der Waals surface area contributed by atoms with Crippen molar-refractivity contribution in [1.82, 2.24) is 9.55 Å². The number of ether oxygens (including phenoxy) is 2. The fraction of sp³-hybridized carbons (Fsp3) is 0.269. The van der Waals surface area contributed by atoms with Crippen molar-refractivity contribution in [3.8, 4) is 17.2 Å². The van der Waals surface area contributed by atoms with Crippen molar-refractivity contribution in [3.05, 3.63) is 69.3 Å². The Morgan fingerprint density at radius 2 is 1.97 bits per heavy atom. The SMILES string of the molecule is CCOc1ccccc1NC(=O)CSc1nc2sc3c(c2c(=O)n1-c1ccc(OC)cc1)CCC3. The van der Waals surface area contributed by atoms with E-state index in [0.717, 1.165) is 29.7 Å². The van der Waals surface area contributed by atoms with Gasteiger partial charge < -0.3 is 14.8 Å². The van der Waals surface area contributed by atoms with Crippen molar-refractivity contribution < 1.29 is 14.3 Å².